The molecule has 3 N–H and O–H groups in total. The molecular weight excluding hydrogens is 312 g/mol. The molecule has 114 valence electrons. The first kappa shape index (κ1) is 15.7. The standard InChI is InChI=1S/C13H16N2O4S2/c14-12(20)7-19-11-3-1-10(2-4-11)15-13(16)9-5-6-21(17,18)8-9/h1-4,9H,5-8H2,(H2,14,20)(H,15,16). The molecule has 1 aliphatic heterocycles. The largest absolute Gasteiger partial charge is 0.487 e. The molecule has 1 unspecified atom stereocenters. The van der Waals surface area contributed by atoms with Crippen molar-refractivity contribution in [1.29, 1.82) is 0 Å². The third-order valence-corrected chi connectivity index (χ3v) is 4.99. The van der Waals surface area contributed by atoms with E-state index in [0.29, 0.717) is 17.9 Å². The van der Waals surface area contributed by atoms with E-state index in [-0.39, 0.29) is 29.0 Å². The molecule has 1 aromatic carbocycles. The Morgan fingerprint density at radius 3 is 2.57 bits per heavy atom. The van der Waals surface area contributed by atoms with Gasteiger partial charge in [-0.15, -0.1) is 0 Å². The van der Waals surface area contributed by atoms with Crippen LogP contribution in [-0.2, 0) is 14.6 Å². The van der Waals surface area contributed by atoms with E-state index in [1.807, 2.05) is 0 Å². The van der Waals surface area contributed by atoms with E-state index < -0.39 is 15.8 Å². The number of ether oxygens (including phenoxy) is 1. The Balaban J connectivity index is 1.91. The van der Waals surface area contributed by atoms with Gasteiger partial charge in [0, 0.05) is 5.69 Å². The van der Waals surface area contributed by atoms with Gasteiger partial charge in [-0.05, 0) is 30.7 Å². The number of hydrogen-bond donors (Lipinski definition) is 2. The van der Waals surface area contributed by atoms with Crippen LogP contribution in [0.15, 0.2) is 24.3 Å². The molecule has 0 spiro atoms. The summed E-state index contributed by atoms with van der Waals surface area (Å²) in [5.74, 6) is -0.150. The number of carbonyl (C=O) groups excluding carboxylic acids is 1. The van der Waals surface area contributed by atoms with Gasteiger partial charge in [-0.2, -0.15) is 0 Å². The van der Waals surface area contributed by atoms with E-state index in [0.717, 1.165) is 0 Å². The Hall–Kier alpha value is -1.67. The maximum Gasteiger partial charge on any atom is 0.228 e. The first-order valence-electron chi connectivity index (χ1n) is 6.38. The van der Waals surface area contributed by atoms with Crippen molar-refractivity contribution in [2.45, 2.75) is 6.42 Å². The molecule has 1 heterocycles. The Labute approximate surface area is 128 Å². The number of hydrogen-bond acceptors (Lipinski definition) is 5. The van der Waals surface area contributed by atoms with E-state index in [1.165, 1.54) is 0 Å². The van der Waals surface area contributed by atoms with Gasteiger partial charge in [-0.1, -0.05) is 12.2 Å². The van der Waals surface area contributed by atoms with Crippen LogP contribution >= 0.6 is 12.2 Å². The second-order valence-corrected chi connectivity index (χ2v) is 7.62. The summed E-state index contributed by atoms with van der Waals surface area (Å²) in [7, 11) is -3.06. The van der Waals surface area contributed by atoms with Gasteiger partial charge >= 0.3 is 0 Å². The number of carbonyl (C=O) groups is 1. The summed E-state index contributed by atoms with van der Waals surface area (Å²) in [5.41, 5.74) is 5.92. The minimum atomic E-state index is -3.06. The zero-order valence-corrected chi connectivity index (χ0v) is 12.9. The van der Waals surface area contributed by atoms with Gasteiger partial charge in [0.2, 0.25) is 5.91 Å². The second-order valence-electron chi connectivity index (χ2n) is 4.87. The van der Waals surface area contributed by atoms with E-state index in [1.54, 1.807) is 24.3 Å². The SMILES string of the molecule is NC(=S)COc1ccc(NC(=O)C2CCS(=O)(=O)C2)cc1. The molecule has 1 aromatic rings. The van der Waals surface area contributed by atoms with Crippen LogP contribution in [0.3, 0.4) is 0 Å². The smallest absolute Gasteiger partial charge is 0.228 e. The van der Waals surface area contributed by atoms with Crippen LogP contribution in [0.4, 0.5) is 5.69 Å². The number of amides is 1. The van der Waals surface area contributed by atoms with Crippen molar-refractivity contribution in [2.75, 3.05) is 23.4 Å². The number of nitrogens with two attached hydrogens (primary N) is 1. The summed E-state index contributed by atoms with van der Waals surface area (Å²) in [6.45, 7) is 0.154. The minimum Gasteiger partial charge on any atom is -0.487 e. The maximum absolute atomic E-state index is 12.0. The van der Waals surface area contributed by atoms with Crippen LogP contribution < -0.4 is 15.8 Å². The molecular formula is C13H16N2O4S2. The Bertz CT molecular complexity index is 641. The van der Waals surface area contributed by atoms with Gasteiger partial charge in [-0.25, -0.2) is 8.42 Å². The number of benzene rings is 1. The molecule has 0 saturated carbocycles. The van der Waals surface area contributed by atoms with Crippen LogP contribution in [-0.4, -0.2) is 37.4 Å². The molecule has 1 amide bonds. The number of rotatable bonds is 5. The van der Waals surface area contributed by atoms with Gasteiger partial charge in [0.25, 0.3) is 0 Å². The molecule has 1 atom stereocenters. The third kappa shape index (κ3) is 4.68. The molecule has 8 heteroatoms. The summed E-state index contributed by atoms with van der Waals surface area (Å²) in [5, 5.41) is 2.70. The van der Waals surface area contributed by atoms with Gasteiger partial charge in [0.15, 0.2) is 9.84 Å². The van der Waals surface area contributed by atoms with Gasteiger partial charge < -0.3 is 15.8 Å². The third-order valence-electron chi connectivity index (χ3n) is 3.11. The van der Waals surface area contributed by atoms with Crippen LogP contribution in [0.1, 0.15) is 6.42 Å². The lowest BCUT2D eigenvalue weighted by Gasteiger charge is -2.10. The fraction of sp³-hybridized carbons (Fsp3) is 0.385. The first-order chi connectivity index (χ1) is 9.85. The molecule has 21 heavy (non-hydrogen) atoms. The fourth-order valence-corrected chi connectivity index (χ4v) is 3.84. The van der Waals surface area contributed by atoms with Crippen molar-refractivity contribution in [3.05, 3.63) is 24.3 Å². The molecule has 6 nitrogen and oxygen atoms in total. The van der Waals surface area contributed by atoms with Gasteiger partial charge in [0.05, 0.1) is 17.4 Å². The lowest BCUT2D eigenvalue weighted by molar-refractivity contribution is -0.119. The highest BCUT2D eigenvalue weighted by atomic mass is 32.2. The number of sulfone groups is 1. The number of thiocarbonyl (C=S) groups is 1. The van der Waals surface area contributed by atoms with E-state index >= 15 is 0 Å². The lowest BCUT2D eigenvalue weighted by Crippen LogP contribution is -2.23. The molecule has 1 saturated heterocycles. The molecule has 0 aliphatic carbocycles. The van der Waals surface area contributed by atoms with Crippen LogP contribution in [0.5, 0.6) is 5.75 Å². The Kier molecular flexibility index (Phi) is 4.79. The maximum atomic E-state index is 12.0. The van der Waals surface area contributed by atoms with Crippen LogP contribution in [0.2, 0.25) is 0 Å². The normalized spacial score (nSPS) is 19.9. The highest BCUT2D eigenvalue weighted by Crippen LogP contribution is 2.21. The average molecular weight is 328 g/mol. The van der Waals surface area contributed by atoms with E-state index in [4.69, 9.17) is 22.7 Å². The molecule has 0 aromatic heterocycles. The summed E-state index contributed by atoms with van der Waals surface area (Å²) >= 11 is 4.70. The number of nitrogens with one attached hydrogen (secondary N) is 1. The quantitative estimate of drug-likeness (QED) is 0.773. The summed E-state index contributed by atoms with van der Waals surface area (Å²) in [4.78, 5) is 12.2. The van der Waals surface area contributed by atoms with E-state index in [2.05, 4.69) is 5.32 Å². The number of anilines is 1. The highest BCUT2D eigenvalue weighted by molar-refractivity contribution is 7.91. The van der Waals surface area contributed by atoms with Gasteiger partial charge in [0.1, 0.15) is 17.3 Å². The predicted octanol–water partition coefficient (Wildman–Crippen LogP) is 0.725. The summed E-state index contributed by atoms with van der Waals surface area (Å²) in [6.07, 6.45) is 0.378. The van der Waals surface area contributed by atoms with Crippen molar-refractivity contribution in [1.82, 2.24) is 0 Å². The molecule has 0 bridgehead atoms. The Morgan fingerprint density at radius 2 is 2.05 bits per heavy atom. The molecule has 1 aliphatic rings. The van der Waals surface area contributed by atoms with Crippen LogP contribution in [0, 0.1) is 5.92 Å². The first-order valence-corrected chi connectivity index (χ1v) is 8.61. The van der Waals surface area contributed by atoms with Gasteiger partial charge in [-0.3, -0.25) is 4.79 Å². The van der Waals surface area contributed by atoms with E-state index in [9.17, 15) is 13.2 Å². The topological polar surface area (TPSA) is 98.5 Å². The highest BCUT2D eigenvalue weighted by Gasteiger charge is 2.32. The second kappa shape index (κ2) is 6.40. The van der Waals surface area contributed by atoms with Crippen molar-refractivity contribution in [3.63, 3.8) is 0 Å². The Morgan fingerprint density at radius 1 is 1.38 bits per heavy atom. The zero-order chi connectivity index (χ0) is 15.5. The monoisotopic (exact) mass is 328 g/mol. The summed E-state index contributed by atoms with van der Waals surface area (Å²) in [6, 6.07) is 6.71. The van der Waals surface area contributed by atoms with Crippen molar-refractivity contribution in [2.24, 2.45) is 11.7 Å². The molecule has 2 rings (SSSR count). The molecule has 1 fully saturated rings. The minimum absolute atomic E-state index is 0.0754. The lowest BCUT2D eigenvalue weighted by atomic mass is 10.1. The average Bonchev–Trinajstić information content (AvgIpc) is 2.78. The van der Waals surface area contributed by atoms with Crippen LogP contribution in [0.25, 0.3) is 0 Å². The molecule has 0 radical (unpaired) electrons. The van der Waals surface area contributed by atoms with Crippen molar-refractivity contribution < 1.29 is 17.9 Å². The fourth-order valence-electron chi connectivity index (χ4n) is 2.04. The van der Waals surface area contributed by atoms with Crippen molar-refractivity contribution in [3.8, 4) is 5.75 Å². The predicted molar refractivity (Wildman–Crippen MR) is 84.1 cm³/mol. The summed E-state index contributed by atoms with van der Waals surface area (Å²) < 4.78 is 28.0. The zero-order valence-electron chi connectivity index (χ0n) is 11.2. The van der Waals surface area contributed by atoms with Crippen molar-refractivity contribution >= 4 is 38.6 Å².